The highest BCUT2D eigenvalue weighted by Gasteiger charge is 2.37. The van der Waals surface area contributed by atoms with E-state index >= 15 is 0 Å². The van der Waals surface area contributed by atoms with Crippen molar-refractivity contribution in [3.8, 4) is 0 Å². The van der Waals surface area contributed by atoms with E-state index in [1.165, 1.54) is 5.56 Å². The number of hydrogen-bond donors (Lipinski definition) is 0. The molecule has 0 saturated carbocycles. The molecule has 150 valence electrons. The number of aryl methyl sites for hydroxylation is 1. The number of rotatable bonds is 3. The second-order valence-corrected chi connectivity index (χ2v) is 9.29. The van der Waals surface area contributed by atoms with Gasteiger partial charge in [0.05, 0.1) is 9.93 Å². The molecule has 0 aliphatic rings. The van der Waals surface area contributed by atoms with Gasteiger partial charge >= 0.3 is 6.98 Å². The maximum absolute atomic E-state index is 12.5. The van der Waals surface area contributed by atoms with Crippen LogP contribution in [0.3, 0.4) is 0 Å². The van der Waals surface area contributed by atoms with Gasteiger partial charge in [-0.3, -0.25) is 0 Å². The van der Waals surface area contributed by atoms with Crippen molar-refractivity contribution in [1.29, 1.82) is 0 Å². The lowest BCUT2D eigenvalue weighted by molar-refractivity contribution is 0.377. The van der Waals surface area contributed by atoms with Crippen LogP contribution < -0.4 is 5.46 Å². The summed E-state index contributed by atoms with van der Waals surface area (Å²) in [4.78, 5) is 0. The molecule has 2 aromatic rings. The van der Waals surface area contributed by atoms with Crippen LogP contribution in [0.1, 0.15) is 11.1 Å². The minimum Gasteiger partial charge on any atom is -0.445 e. The summed E-state index contributed by atoms with van der Waals surface area (Å²) in [6.45, 7) is -4.25. The summed E-state index contributed by atoms with van der Waals surface area (Å²) in [5.41, 5.74) is -0.320. The van der Waals surface area contributed by atoms with Crippen LogP contribution in [-0.4, -0.2) is 19.5 Å². The van der Waals surface area contributed by atoms with Crippen molar-refractivity contribution in [3.63, 3.8) is 0 Å². The molecule has 0 atom stereocenters. The van der Waals surface area contributed by atoms with Gasteiger partial charge in [-0.15, -0.1) is 4.21 Å². The zero-order valence-electron chi connectivity index (χ0n) is 14.4. The first kappa shape index (κ1) is 23.1. The lowest BCUT2D eigenvalue weighted by atomic mass is 9.79. The molecule has 0 amide bonds. The van der Waals surface area contributed by atoms with E-state index in [1.807, 2.05) is 12.1 Å². The fraction of sp³-hybridized carbons (Fsp3) is 0.250. The quantitative estimate of drug-likeness (QED) is 0.233. The predicted octanol–water partition coefficient (Wildman–Crippen LogP) is 4.69. The Morgan fingerprint density at radius 1 is 0.778 bits per heavy atom. The van der Waals surface area contributed by atoms with Gasteiger partial charge in [0.1, 0.15) is 29.9 Å². The third-order valence-corrected chi connectivity index (χ3v) is 4.23. The SMILES string of the molecule is Cc1ccc(C[S+](C)(C)=O)cc1.Fc1c(F)c(F)c([B-](F)(F)F)c(F)c1F. The summed E-state index contributed by atoms with van der Waals surface area (Å²) in [6, 6.07) is 8.20. The van der Waals surface area contributed by atoms with Crippen LogP contribution in [0, 0.1) is 36.0 Å². The second kappa shape index (κ2) is 8.41. The van der Waals surface area contributed by atoms with Gasteiger partial charge in [-0.05, 0) is 12.4 Å². The van der Waals surface area contributed by atoms with Crippen molar-refractivity contribution in [1.82, 2.24) is 0 Å². The van der Waals surface area contributed by atoms with Crippen molar-refractivity contribution < 1.29 is 39.1 Å². The highest BCUT2D eigenvalue weighted by atomic mass is 32.2. The fourth-order valence-electron chi connectivity index (χ4n) is 1.99. The summed E-state index contributed by atoms with van der Waals surface area (Å²) in [7, 11) is -1.64. The fourth-order valence-corrected chi connectivity index (χ4v) is 2.99. The zero-order chi connectivity index (χ0) is 21.2. The Labute approximate surface area is 151 Å². The molecule has 0 spiro atoms. The molecule has 0 aliphatic carbocycles. The van der Waals surface area contributed by atoms with Crippen LogP contribution in [0.4, 0.5) is 34.9 Å². The van der Waals surface area contributed by atoms with E-state index in [4.69, 9.17) is 0 Å². The van der Waals surface area contributed by atoms with E-state index in [2.05, 4.69) is 19.1 Å². The van der Waals surface area contributed by atoms with E-state index in [0.717, 1.165) is 5.56 Å². The lowest BCUT2D eigenvalue weighted by Gasteiger charge is -2.17. The largest absolute Gasteiger partial charge is 0.515 e. The molecule has 2 aromatic carbocycles. The second-order valence-electron chi connectivity index (χ2n) is 6.13. The molecule has 0 unspecified atom stereocenters. The Morgan fingerprint density at radius 3 is 1.48 bits per heavy atom. The average Bonchev–Trinajstić information content (AvgIpc) is 2.51. The maximum Gasteiger partial charge on any atom is 0.515 e. The smallest absolute Gasteiger partial charge is 0.445 e. The summed E-state index contributed by atoms with van der Waals surface area (Å²) in [6.07, 6.45) is 3.60. The van der Waals surface area contributed by atoms with Gasteiger partial charge in [0.2, 0.25) is 0 Å². The molecule has 0 aromatic heterocycles. The van der Waals surface area contributed by atoms with Gasteiger partial charge < -0.3 is 12.9 Å². The van der Waals surface area contributed by atoms with Crippen LogP contribution >= 0.6 is 0 Å². The minimum atomic E-state index is -6.30. The monoisotopic (exact) mass is 418 g/mol. The standard InChI is InChI=1S/C10H15OS.C6BF8/c1-9-4-6-10(7-5-9)8-12(2,3)11;8-2-1(7(13,14)15)3(9)5(11)6(12)4(2)10/h4-7H,8H2,1-3H3;/q+1;-1. The molecule has 0 N–H and O–H groups in total. The maximum atomic E-state index is 12.5. The van der Waals surface area contributed by atoms with Crippen LogP contribution in [0.2, 0.25) is 0 Å². The van der Waals surface area contributed by atoms with Crippen molar-refractivity contribution in [2.45, 2.75) is 12.7 Å². The molecule has 0 saturated heterocycles. The van der Waals surface area contributed by atoms with Crippen LogP contribution in [-0.2, 0) is 19.9 Å². The highest BCUT2D eigenvalue weighted by Crippen LogP contribution is 2.21. The summed E-state index contributed by atoms with van der Waals surface area (Å²) in [5.74, 6) is -12.9. The number of hydrogen-bond acceptors (Lipinski definition) is 1. The summed E-state index contributed by atoms with van der Waals surface area (Å²) in [5, 5.41) is 0. The normalized spacial score (nSPS) is 11.8. The van der Waals surface area contributed by atoms with Crippen LogP contribution in [0.25, 0.3) is 0 Å². The Morgan fingerprint density at radius 2 is 1.15 bits per heavy atom. The highest BCUT2D eigenvalue weighted by molar-refractivity contribution is 8.00. The Bertz CT molecular complexity index is 829. The minimum absolute atomic E-state index is 0.688. The molecule has 0 fully saturated rings. The molecule has 27 heavy (non-hydrogen) atoms. The number of halogens is 8. The molecule has 0 heterocycles. The average molecular weight is 418 g/mol. The first-order valence-corrected chi connectivity index (χ1v) is 9.88. The van der Waals surface area contributed by atoms with E-state index in [-0.39, 0.29) is 0 Å². The molecule has 1 nitrogen and oxygen atoms in total. The van der Waals surface area contributed by atoms with E-state index < -0.39 is 51.5 Å². The van der Waals surface area contributed by atoms with Crippen molar-refractivity contribution in [2.75, 3.05) is 12.5 Å². The van der Waals surface area contributed by atoms with Gasteiger partial charge in [0, 0.05) is 5.56 Å². The van der Waals surface area contributed by atoms with Gasteiger partial charge in [-0.25, -0.2) is 22.0 Å². The molecule has 0 aliphatic heterocycles. The lowest BCUT2D eigenvalue weighted by Crippen LogP contribution is -2.41. The Kier molecular flexibility index (Phi) is 7.20. The molecule has 0 radical (unpaired) electrons. The predicted molar refractivity (Wildman–Crippen MR) is 89.7 cm³/mol. The Hall–Kier alpha value is -1.91. The van der Waals surface area contributed by atoms with E-state index in [9.17, 15) is 39.1 Å². The third kappa shape index (κ3) is 6.33. The van der Waals surface area contributed by atoms with Gasteiger partial charge in [-0.1, -0.05) is 29.8 Å². The molecule has 0 bridgehead atoms. The van der Waals surface area contributed by atoms with Gasteiger partial charge in [-0.2, -0.15) is 0 Å². The first-order valence-electron chi connectivity index (χ1n) is 7.33. The van der Waals surface area contributed by atoms with E-state index in [0.29, 0.717) is 5.75 Å². The third-order valence-electron chi connectivity index (χ3n) is 3.21. The topological polar surface area (TPSA) is 17.1 Å². The van der Waals surface area contributed by atoms with Crippen LogP contribution in [0.5, 0.6) is 0 Å². The van der Waals surface area contributed by atoms with E-state index in [1.54, 1.807) is 12.5 Å². The molecular weight excluding hydrogens is 403 g/mol. The van der Waals surface area contributed by atoms with Crippen molar-refractivity contribution in [3.05, 3.63) is 64.5 Å². The van der Waals surface area contributed by atoms with Gasteiger partial charge in [0.15, 0.2) is 17.5 Å². The molecule has 2 rings (SSSR count). The zero-order valence-corrected chi connectivity index (χ0v) is 15.3. The summed E-state index contributed by atoms with van der Waals surface area (Å²) >= 11 is 0. The number of benzene rings is 2. The van der Waals surface area contributed by atoms with Gasteiger partial charge in [0.25, 0.3) is 0 Å². The van der Waals surface area contributed by atoms with Crippen molar-refractivity contribution in [2.24, 2.45) is 0 Å². The molecular formula is C16H15BF8OS. The molecule has 11 heteroatoms. The Balaban J connectivity index is 0.000000277. The first-order chi connectivity index (χ1) is 12.1. The van der Waals surface area contributed by atoms with Crippen molar-refractivity contribution >= 4 is 22.4 Å². The summed E-state index contributed by atoms with van der Waals surface area (Å²) < 4.78 is 109. The van der Waals surface area contributed by atoms with Crippen LogP contribution in [0.15, 0.2) is 24.3 Å².